The first kappa shape index (κ1) is 8.59. The molecule has 1 radical (unpaired) electrons. The van der Waals surface area contributed by atoms with E-state index in [1.54, 1.807) is 12.1 Å². The lowest BCUT2D eigenvalue weighted by Gasteiger charge is -1.98. The SMILES string of the molecule is CCc1ccc(OC([O])=O)cc1. The van der Waals surface area contributed by atoms with E-state index in [9.17, 15) is 9.90 Å². The van der Waals surface area contributed by atoms with Crippen molar-refractivity contribution in [1.29, 1.82) is 0 Å². The van der Waals surface area contributed by atoms with E-state index in [-0.39, 0.29) is 0 Å². The van der Waals surface area contributed by atoms with Gasteiger partial charge in [0.05, 0.1) is 0 Å². The van der Waals surface area contributed by atoms with Crippen LogP contribution in [0.2, 0.25) is 0 Å². The van der Waals surface area contributed by atoms with Crippen LogP contribution in [-0.2, 0) is 11.5 Å². The molecule has 0 aliphatic rings. The molecule has 0 saturated carbocycles. The molecule has 0 aliphatic heterocycles. The van der Waals surface area contributed by atoms with Gasteiger partial charge in [-0.25, -0.2) is 0 Å². The summed E-state index contributed by atoms with van der Waals surface area (Å²) in [5.74, 6) is 0.298. The molecule has 0 fully saturated rings. The Morgan fingerprint density at radius 1 is 1.33 bits per heavy atom. The van der Waals surface area contributed by atoms with Gasteiger partial charge >= 0.3 is 6.16 Å². The van der Waals surface area contributed by atoms with Gasteiger partial charge in [0.15, 0.2) is 0 Å². The zero-order valence-corrected chi connectivity index (χ0v) is 6.74. The molecule has 1 aromatic carbocycles. The first-order valence-corrected chi connectivity index (χ1v) is 3.70. The maximum absolute atomic E-state index is 9.99. The van der Waals surface area contributed by atoms with Gasteiger partial charge in [-0.3, -0.25) is 0 Å². The summed E-state index contributed by atoms with van der Waals surface area (Å²) in [5.41, 5.74) is 1.14. The molecule has 0 saturated heterocycles. The Balaban J connectivity index is 2.71. The number of ether oxygens (including phenoxy) is 1. The minimum Gasteiger partial charge on any atom is -0.392 e. The highest BCUT2D eigenvalue weighted by atomic mass is 16.7. The Hall–Kier alpha value is -1.51. The average molecular weight is 165 g/mol. The standard InChI is InChI=1S/C9H9O3/c1-2-7-3-5-8(6-4-7)12-9(10)11/h3-6H,2H2,1H3. The van der Waals surface area contributed by atoms with E-state index in [1.807, 2.05) is 19.1 Å². The van der Waals surface area contributed by atoms with Gasteiger partial charge in [-0.05, 0) is 24.1 Å². The molecular formula is C9H9O3. The summed E-state index contributed by atoms with van der Waals surface area (Å²) >= 11 is 0. The van der Waals surface area contributed by atoms with Crippen LogP contribution in [0.4, 0.5) is 4.79 Å². The predicted molar refractivity (Wildman–Crippen MR) is 42.5 cm³/mol. The van der Waals surface area contributed by atoms with Crippen molar-refractivity contribution < 1.29 is 14.6 Å². The molecule has 0 heterocycles. The molecule has 12 heavy (non-hydrogen) atoms. The molecule has 1 aromatic rings. The van der Waals surface area contributed by atoms with E-state index in [2.05, 4.69) is 4.74 Å². The summed E-state index contributed by atoms with van der Waals surface area (Å²) < 4.78 is 4.32. The second-order valence-electron chi connectivity index (χ2n) is 2.35. The molecule has 0 aromatic heterocycles. The van der Waals surface area contributed by atoms with Crippen LogP contribution in [0.5, 0.6) is 5.75 Å². The second-order valence-corrected chi connectivity index (χ2v) is 2.35. The number of carbonyl (C=O) groups excluding carboxylic acids is 1. The highest BCUT2D eigenvalue weighted by Gasteiger charge is 2.01. The van der Waals surface area contributed by atoms with Gasteiger partial charge in [0.25, 0.3) is 0 Å². The van der Waals surface area contributed by atoms with Crippen LogP contribution in [0.15, 0.2) is 24.3 Å². The van der Waals surface area contributed by atoms with Gasteiger partial charge in [0.1, 0.15) is 5.75 Å². The van der Waals surface area contributed by atoms with E-state index in [1.165, 1.54) is 0 Å². The molecule has 63 valence electrons. The lowest BCUT2D eigenvalue weighted by molar-refractivity contribution is 0.117. The van der Waals surface area contributed by atoms with Gasteiger partial charge in [-0.15, -0.1) is 0 Å². The third-order valence-electron chi connectivity index (χ3n) is 1.53. The normalized spacial score (nSPS) is 9.42. The predicted octanol–water partition coefficient (Wildman–Crippen LogP) is 2.18. The quantitative estimate of drug-likeness (QED) is 0.498. The molecule has 0 bridgehead atoms. The van der Waals surface area contributed by atoms with E-state index in [4.69, 9.17) is 0 Å². The Kier molecular flexibility index (Phi) is 2.69. The van der Waals surface area contributed by atoms with Crippen LogP contribution in [0.1, 0.15) is 12.5 Å². The minimum absolute atomic E-state index is 0.298. The van der Waals surface area contributed by atoms with Crippen molar-refractivity contribution in [2.75, 3.05) is 0 Å². The summed E-state index contributed by atoms with van der Waals surface area (Å²) in [7, 11) is 0. The summed E-state index contributed by atoms with van der Waals surface area (Å²) in [6.07, 6.45) is -0.606. The van der Waals surface area contributed by atoms with E-state index in [0.29, 0.717) is 5.75 Å². The van der Waals surface area contributed by atoms with Crippen molar-refractivity contribution >= 4 is 6.16 Å². The van der Waals surface area contributed by atoms with Gasteiger partial charge in [-0.1, -0.05) is 19.1 Å². The van der Waals surface area contributed by atoms with Crippen molar-refractivity contribution in [2.24, 2.45) is 0 Å². The van der Waals surface area contributed by atoms with Gasteiger partial charge in [0.2, 0.25) is 0 Å². The zero-order chi connectivity index (χ0) is 8.97. The molecule has 0 spiro atoms. The summed E-state index contributed by atoms with van der Waals surface area (Å²) in [6, 6.07) is 6.85. The van der Waals surface area contributed by atoms with Crippen LogP contribution in [-0.4, -0.2) is 6.16 Å². The van der Waals surface area contributed by atoms with Crippen LogP contribution < -0.4 is 4.74 Å². The van der Waals surface area contributed by atoms with Gasteiger partial charge in [-0.2, -0.15) is 9.90 Å². The number of benzene rings is 1. The third-order valence-corrected chi connectivity index (χ3v) is 1.53. The highest BCUT2D eigenvalue weighted by Crippen LogP contribution is 2.12. The summed E-state index contributed by atoms with van der Waals surface area (Å²) in [6.45, 7) is 2.02. The lowest BCUT2D eigenvalue weighted by atomic mass is 10.2. The van der Waals surface area contributed by atoms with E-state index >= 15 is 0 Å². The number of carbonyl (C=O) groups is 1. The topological polar surface area (TPSA) is 46.2 Å². The molecule has 0 unspecified atom stereocenters. The first-order valence-electron chi connectivity index (χ1n) is 3.70. The Bertz CT molecular complexity index is 264. The maximum Gasteiger partial charge on any atom is 0.555 e. The van der Waals surface area contributed by atoms with Crippen molar-refractivity contribution in [3.8, 4) is 5.75 Å². The van der Waals surface area contributed by atoms with Crippen LogP contribution in [0.25, 0.3) is 0 Å². The molecular weight excluding hydrogens is 156 g/mol. The van der Waals surface area contributed by atoms with Crippen molar-refractivity contribution in [2.45, 2.75) is 13.3 Å². The van der Waals surface area contributed by atoms with Crippen molar-refractivity contribution in [3.05, 3.63) is 29.8 Å². The fraction of sp³-hybridized carbons (Fsp3) is 0.222. The fourth-order valence-corrected chi connectivity index (χ4v) is 0.889. The molecule has 3 nitrogen and oxygen atoms in total. The maximum atomic E-state index is 9.99. The smallest absolute Gasteiger partial charge is 0.392 e. The van der Waals surface area contributed by atoms with Crippen molar-refractivity contribution in [1.82, 2.24) is 0 Å². The van der Waals surface area contributed by atoms with Crippen LogP contribution in [0.3, 0.4) is 0 Å². The number of hydrogen-bond acceptors (Lipinski definition) is 2. The third kappa shape index (κ3) is 2.27. The number of aryl methyl sites for hydroxylation is 1. The molecule has 0 aliphatic carbocycles. The zero-order valence-electron chi connectivity index (χ0n) is 6.74. The van der Waals surface area contributed by atoms with Gasteiger partial charge in [0, 0.05) is 0 Å². The first-order chi connectivity index (χ1) is 5.72. The summed E-state index contributed by atoms with van der Waals surface area (Å²) in [4.78, 5) is 9.99. The molecule has 1 rings (SSSR count). The van der Waals surface area contributed by atoms with Crippen LogP contribution in [0, 0.1) is 0 Å². The Morgan fingerprint density at radius 3 is 2.33 bits per heavy atom. The lowest BCUT2D eigenvalue weighted by Crippen LogP contribution is -2.00. The highest BCUT2D eigenvalue weighted by molar-refractivity contribution is 5.60. The number of rotatable bonds is 2. The van der Waals surface area contributed by atoms with E-state index in [0.717, 1.165) is 12.0 Å². The number of hydrogen-bond donors (Lipinski definition) is 0. The monoisotopic (exact) mass is 165 g/mol. The Morgan fingerprint density at radius 2 is 1.92 bits per heavy atom. The molecule has 0 atom stereocenters. The van der Waals surface area contributed by atoms with Crippen molar-refractivity contribution in [3.63, 3.8) is 0 Å². The minimum atomic E-state index is -1.53. The van der Waals surface area contributed by atoms with Gasteiger partial charge < -0.3 is 4.74 Å². The average Bonchev–Trinajstić information content (AvgIpc) is 2.05. The fourth-order valence-electron chi connectivity index (χ4n) is 0.889. The Labute approximate surface area is 70.6 Å². The van der Waals surface area contributed by atoms with Crippen LogP contribution >= 0.6 is 0 Å². The summed E-state index contributed by atoms with van der Waals surface area (Å²) in [5, 5.41) is 9.99. The largest absolute Gasteiger partial charge is 0.555 e. The molecule has 0 N–H and O–H groups in total. The molecule has 3 heteroatoms. The van der Waals surface area contributed by atoms with E-state index < -0.39 is 6.16 Å². The molecule has 0 amide bonds. The second kappa shape index (κ2) is 3.76.